The molecular formula is C30H30N6O4. The van der Waals surface area contributed by atoms with Gasteiger partial charge < -0.3 is 20.7 Å². The van der Waals surface area contributed by atoms with Crippen LogP contribution in [-0.4, -0.2) is 39.9 Å². The second-order valence-electron chi connectivity index (χ2n) is 9.72. The van der Waals surface area contributed by atoms with E-state index in [1.54, 1.807) is 37.5 Å². The van der Waals surface area contributed by atoms with Crippen molar-refractivity contribution in [3.63, 3.8) is 0 Å². The molecule has 5 rings (SSSR count). The highest BCUT2D eigenvalue weighted by atomic mass is 16.5. The zero-order valence-corrected chi connectivity index (χ0v) is 22.3. The van der Waals surface area contributed by atoms with Gasteiger partial charge in [-0.1, -0.05) is 24.8 Å². The Hall–Kier alpha value is -4.99. The van der Waals surface area contributed by atoms with Crippen LogP contribution in [0.5, 0.6) is 11.6 Å². The zero-order chi connectivity index (χ0) is 28.2. The van der Waals surface area contributed by atoms with Crippen LogP contribution in [0.3, 0.4) is 0 Å². The van der Waals surface area contributed by atoms with E-state index in [1.165, 1.54) is 11.0 Å². The number of amides is 4. The lowest BCUT2D eigenvalue weighted by molar-refractivity contribution is -0.118. The molecule has 4 amide bonds. The molecule has 1 fully saturated rings. The average Bonchev–Trinajstić information content (AvgIpc) is 3.39. The number of fused-ring (bicyclic) bond motifs is 1. The van der Waals surface area contributed by atoms with Crippen molar-refractivity contribution >= 4 is 34.9 Å². The summed E-state index contributed by atoms with van der Waals surface area (Å²) >= 11 is 0. The van der Waals surface area contributed by atoms with Gasteiger partial charge in [-0.05, 0) is 63.5 Å². The number of anilines is 2. The molecule has 204 valence electrons. The fourth-order valence-corrected chi connectivity index (χ4v) is 5.01. The molecule has 2 aromatic heterocycles. The van der Waals surface area contributed by atoms with Crippen molar-refractivity contribution in [1.29, 1.82) is 0 Å². The van der Waals surface area contributed by atoms with Crippen LogP contribution in [0.2, 0.25) is 0 Å². The third kappa shape index (κ3) is 5.56. The normalized spacial score (nSPS) is 19.2. The number of hydrogen-bond acceptors (Lipinski definition) is 6. The van der Waals surface area contributed by atoms with E-state index in [0.717, 1.165) is 12.8 Å². The van der Waals surface area contributed by atoms with Crippen molar-refractivity contribution in [1.82, 2.24) is 25.9 Å². The smallest absolute Gasteiger partial charge is 0.331 e. The number of pyridine rings is 2. The van der Waals surface area contributed by atoms with Gasteiger partial charge in [0.15, 0.2) is 0 Å². The number of ether oxygens (including phenoxy) is 1. The standard InChI is InChI=1S/C30H30N6O4/c1-4-25(37)33-20-10-11-21(16-20)34-29(38)18(2)28-27-19(3)31-15-14-24(27)36(30(39)35-28)22-12-13-26(32-17-22)40-23-8-6-5-7-9-23/h4-9,12-15,17,20-21H,1,10-11,16H2,2-3H3,(H,33,37)(H,34,38)(H,35,39)/b28-18-/t20-,21?/m0/s1. The Kier molecular flexibility index (Phi) is 7.59. The van der Waals surface area contributed by atoms with Crippen molar-refractivity contribution in [2.45, 2.75) is 45.2 Å². The fraction of sp³-hybridized carbons (Fsp3) is 0.233. The topological polar surface area (TPSA) is 126 Å². The number of hydrogen-bond donors (Lipinski definition) is 3. The molecule has 0 bridgehead atoms. The van der Waals surface area contributed by atoms with Crippen LogP contribution >= 0.6 is 0 Å². The number of urea groups is 1. The molecule has 10 nitrogen and oxygen atoms in total. The van der Waals surface area contributed by atoms with Crippen LogP contribution in [0.15, 0.2) is 79.2 Å². The van der Waals surface area contributed by atoms with Gasteiger partial charge in [0.2, 0.25) is 17.7 Å². The zero-order valence-electron chi connectivity index (χ0n) is 22.3. The van der Waals surface area contributed by atoms with Gasteiger partial charge in [-0.15, -0.1) is 0 Å². The molecule has 1 aliphatic heterocycles. The summed E-state index contributed by atoms with van der Waals surface area (Å²) < 4.78 is 5.78. The molecule has 10 heteroatoms. The first-order valence-corrected chi connectivity index (χ1v) is 13.0. The first kappa shape index (κ1) is 26.6. The largest absolute Gasteiger partial charge is 0.439 e. The molecule has 1 saturated carbocycles. The number of para-hydroxylation sites is 1. The highest BCUT2D eigenvalue weighted by molar-refractivity contribution is 6.13. The molecule has 3 N–H and O–H groups in total. The maximum atomic E-state index is 13.4. The number of nitrogens with zero attached hydrogens (tertiary/aromatic N) is 3. The van der Waals surface area contributed by atoms with E-state index >= 15 is 0 Å². The van der Waals surface area contributed by atoms with Crippen LogP contribution in [0.25, 0.3) is 5.70 Å². The van der Waals surface area contributed by atoms with E-state index in [1.807, 2.05) is 37.3 Å². The van der Waals surface area contributed by atoms with Gasteiger partial charge in [-0.25, -0.2) is 9.78 Å². The number of nitrogens with one attached hydrogen (secondary N) is 3. The molecule has 3 aromatic rings. The molecule has 0 spiro atoms. The monoisotopic (exact) mass is 538 g/mol. The minimum atomic E-state index is -0.424. The van der Waals surface area contributed by atoms with Gasteiger partial charge in [0.05, 0.1) is 23.3 Å². The molecule has 1 aliphatic carbocycles. The first-order valence-electron chi connectivity index (χ1n) is 13.0. The molecule has 2 aliphatic rings. The average molecular weight is 539 g/mol. The van der Waals surface area contributed by atoms with E-state index in [9.17, 15) is 14.4 Å². The van der Waals surface area contributed by atoms with Crippen LogP contribution in [0.4, 0.5) is 16.2 Å². The van der Waals surface area contributed by atoms with Crippen LogP contribution < -0.4 is 25.6 Å². The van der Waals surface area contributed by atoms with E-state index in [2.05, 4.69) is 32.5 Å². The maximum Gasteiger partial charge on any atom is 0.331 e. The molecule has 2 atom stereocenters. The van der Waals surface area contributed by atoms with E-state index in [0.29, 0.717) is 52.0 Å². The molecule has 3 heterocycles. The predicted molar refractivity (Wildman–Crippen MR) is 151 cm³/mol. The molecule has 0 radical (unpaired) electrons. The van der Waals surface area contributed by atoms with Crippen molar-refractivity contribution < 1.29 is 19.1 Å². The maximum absolute atomic E-state index is 13.4. The molecular weight excluding hydrogens is 508 g/mol. The van der Waals surface area contributed by atoms with Crippen LogP contribution in [0.1, 0.15) is 37.4 Å². The van der Waals surface area contributed by atoms with Gasteiger partial charge in [0.25, 0.3) is 0 Å². The van der Waals surface area contributed by atoms with Gasteiger partial charge in [-0.2, -0.15) is 0 Å². The highest BCUT2D eigenvalue weighted by Crippen LogP contribution is 2.38. The minimum Gasteiger partial charge on any atom is -0.439 e. The quantitative estimate of drug-likeness (QED) is 0.380. The van der Waals surface area contributed by atoms with E-state index < -0.39 is 6.03 Å². The summed E-state index contributed by atoms with van der Waals surface area (Å²) in [6.07, 6.45) is 6.57. The van der Waals surface area contributed by atoms with Gasteiger partial charge >= 0.3 is 6.03 Å². The predicted octanol–water partition coefficient (Wildman–Crippen LogP) is 4.51. The summed E-state index contributed by atoms with van der Waals surface area (Å²) in [4.78, 5) is 48.6. The second kappa shape index (κ2) is 11.4. The Morgan fingerprint density at radius 2 is 1.82 bits per heavy atom. The Morgan fingerprint density at radius 3 is 2.52 bits per heavy atom. The number of benzene rings is 1. The Morgan fingerprint density at radius 1 is 1.07 bits per heavy atom. The Balaban J connectivity index is 1.38. The summed E-state index contributed by atoms with van der Waals surface area (Å²) in [5, 5.41) is 8.83. The summed E-state index contributed by atoms with van der Waals surface area (Å²) in [7, 11) is 0. The number of rotatable bonds is 7. The first-order chi connectivity index (χ1) is 19.3. The van der Waals surface area contributed by atoms with E-state index in [-0.39, 0.29) is 23.9 Å². The Labute approximate surface area is 232 Å². The number of carbonyl (C=O) groups excluding carboxylic acids is 3. The van der Waals surface area contributed by atoms with Crippen molar-refractivity contribution in [3.05, 3.63) is 90.4 Å². The fourth-order valence-electron chi connectivity index (χ4n) is 5.01. The molecule has 1 aromatic carbocycles. The van der Waals surface area contributed by atoms with Gasteiger partial charge in [0.1, 0.15) is 5.75 Å². The van der Waals surface area contributed by atoms with Crippen LogP contribution in [0, 0.1) is 6.92 Å². The third-order valence-corrected chi connectivity index (χ3v) is 7.00. The van der Waals surface area contributed by atoms with E-state index in [4.69, 9.17) is 4.74 Å². The summed E-state index contributed by atoms with van der Waals surface area (Å²) in [5.74, 6) is 0.536. The van der Waals surface area contributed by atoms with Crippen molar-refractivity contribution in [3.8, 4) is 11.6 Å². The van der Waals surface area contributed by atoms with Crippen LogP contribution in [-0.2, 0) is 9.59 Å². The molecule has 0 saturated heterocycles. The van der Waals surface area contributed by atoms with Gasteiger partial charge in [0, 0.05) is 41.2 Å². The minimum absolute atomic E-state index is 0.0167. The summed E-state index contributed by atoms with van der Waals surface area (Å²) in [5.41, 5.74) is 3.21. The second-order valence-corrected chi connectivity index (χ2v) is 9.72. The lowest BCUT2D eigenvalue weighted by atomic mass is 10.00. The molecule has 1 unspecified atom stereocenters. The molecule has 40 heavy (non-hydrogen) atoms. The lowest BCUT2D eigenvalue weighted by Crippen LogP contribution is -2.43. The van der Waals surface area contributed by atoms with Crippen molar-refractivity contribution in [2.24, 2.45) is 0 Å². The van der Waals surface area contributed by atoms with Crippen molar-refractivity contribution in [2.75, 3.05) is 4.90 Å². The highest BCUT2D eigenvalue weighted by Gasteiger charge is 2.33. The van der Waals surface area contributed by atoms with Gasteiger partial charge in [-0.3, -0.25) is 19.5 Å². The summed E-state index contributed by atoms with van der Waals surface area (Å²) in [6.45, 7) is 6.99. The Bertz CT molecular complexity index is 1490. The number of aryl methyl sites for hydroxylation is 1. The number of carbonyl (C=O) groups is 3. The SMILES string of the molecule is C=CC(=O)N[C@H]1CCC(NC(=O)/C(C)=C2\NC(=O)N(c3ccc(Oc4ccccc4)nc3)c3ccnc(C)c32)C1. The summed E-state index contributed by atoms with van der Waals surface area (Å²) in [6, 6.07) is 14.0. The third-order valence-electron chi connectivity index (χ3n) is 7.00. The lowest BCUT2D eigenvalue weighted by Gasteiger charge is -2.32. The number of aromatic nitrogens is 2.